The standard InChI is InChI=1S/C71H42N4O2/c1-4-18-43(19-5-1)50-36-34-49(39-55(50)44-20-6-2-7-21-44)56-41-58-65(42-61(56)75-59-37-35-45-22-12-13-27-51(45)66(59)57-38-47-25-10-11-26-48(47)40-60(57)75)77-64-33-17-30-54(68(58)64)71-73-69(46-23-8-3-9-24-46)72-70(74-71)53-29-16-32-63-67(53)52-28-14-15-31-62(52)76-63/h1-42H. The van der Waals surface area contributed by atoms with E-state index < -0.39 is 0 Å². The predicted molar refractivity (Wildman–Crippen MR) is 316 cm³/mol. The molecule has 0 amide bonds. The van der Waals surface area contributed by atoms with Crippen LogP contribution in [0.15, 0.2) is 264 Å². The second kappa shape index (κ2) is 17.1. The van der Waals surface area contributed by atoms with E-state index in [2.05, 4.69) is 193 Å². The Morgan fingerprint density at radius 3 is 1.53 bits per heavy atom. The lowest BCUT2D eigenvalue weighted by Crippen LogP contribution is -2.01. The molecule has 0 atom stereocenters. The fourth-order valence-corrected chi connectivity index (χ4v) is 11.9. The molecule has 0 bridgehead atoms. The molecule has 0 N–H and O–H groups in total. The van der Waals surface area contributed by atoms with Crippen LogP contribution in [0, 0.1) is 0 Å². The summed E-state index contributed by atoms with van der Waals surface area (Å²) in [6, 6.07) is 90.2. The Bertz CT molecular complexity index is 5040. The maximum absolute atomic E-state index is 7.11. The lowest BCUT2D eigenvalue weighted by Gasteiger charge is -2.18. The normalized spacial score (nSPS) is 11.9. The van der Waals surface area contributed by atoms with Gasteiger partial charge in [0.2, 0.25) is 0 Å². The van der Waals surface area contributed by atoms with Gasteiger partial charge >= 0.3 is 0 Å². The summed E-state index contributed by atoms with van der Waals surface area (Å²) in [5, 5.41) is 11.0. The van der Waals surface area contributed by atoms with Gasteiger partial charge in [-0.3, -0.25) is 0 Å². The molecule has 6 nitrogen and oxygen atoms in total. The maximum Gasteiger partial charge on any atom is 0.164 e. The third-order valence-corrected chi connectivity index (χ3v) is 15.4. The number of nitrogens with zero attached hydrogens (tertiary/aromatic N) is 4. The Morgan fingerprint density at radius 2 is 0.818 bits per heavy atom. The van der Waals surface area contributed by atoms with Gasteiger partial charge in [-0.2, -0.15) is 0 Å². The minimum atomic E-state index is 0.539. The molecule has 0 unspecified atom stereocenters. The monoisotopic (exact) mass is 982 g/mol. The molecule has 12 aromatic carbocycles. The van der Waals surface area contributed by atoms with E-state index in [9.17, 15) is 0 Å². The molecule has 358 valence electrons. The molecule has 0 aliphatic heterocycles. The summed E-state index contributed by atoms with van der Waals surface area (Å²) in [5.74, 6) is 1.66. The quantitative estimate of drug-likeness (QED) is 0.159. The fourth-order valence-electron chi connectivity index (χ4n) is 11.9. The van der Waals surface area contributed by atoms with Crippen LogP contribution in [0.25, 0.3) is 160 Å². The lowest BCUT2D eigenvalue weighted by atomic mass is 9.90. The van der Waals surface area contributed by atoms with Crippen LogP contribution in [-0.2, 0) is 0 Å². The predicted octanol–water partition coefficient (Wildman–Crippen LogP) is 19.1. The topological polar surface area (TPSA) is 69.9 Å². The molecule has 6 heteroatoms. The van der Waals surface area contributed by atoms with E-state index in [0.717, 1.165) is 111 Å². The van der Waals surface area contributed by atoms with Gasteiger partial charge in [-0.25, -0.2) is 15.0 Å². The first kappa shape index (κ1) is 43.0. The van der Waals surface area contributed by atoms with Crippen LogP contribution < -0.4 is 0 Å². The molecule has 16 rings (SSSR count). The second-order valence-corrected chi connectivity index (χ2v) is 19.8. The smallest absolute Gasteiger partial charge is 0.164 e. The van der Waals surface area contributed by atoms with Crippen molar-refractivity contribution in [3.63, 3.8) is 0 Å². The van der Waals surface area contributed by atoms with E-state index in [4.69, 9.17) is 23.8 Å². The van der Waals surface area contributed by atoms with Crippen molar-refractivity contribution in [2.75, 3.05) is 0 Å². The Kier molecular flexibility index (Phi) is 9.53. The number of benzene rings is 12. The third kappa shape index (κ3) is 6.86. The van der Waals surface area contributed by atoms with Crippen LogP contribution in [-0.4, -0.2) is 19.5 Å². The molecule has 0 saturated carbocycles. The summed E-state index contributed by atoms with van der Waals surface area (Å²) in [4.78, 5) is 15.9. The Labute approximate surface area is 441 Å². The van der Waals surface area contributed by atoms with Crippen LogP contribution in [0.4, 0.5) is 0 Å². The van der Waals surface area contributed by atoms with Crippen LogP contribution in [0.3, 0.4) is 0 Å². The molecule has 0 aliphatic carbocycles. The van der Waals surface area contributed by atoms with Crippen molar-refractivity contribution >= 4 is 87.2 Å². The van der Waals surface area contributed by atoms with Crippen molar-refractivity contribution in [1.29, 1.82) is 0 Å². The Morgan fingerprint density at radius 1 is 0.260 bits per heavy atom. The number of para-hydroxylation sites is 1. The maximum atomic E-state index is 7.11. The van der Waals surface area contributed by atoms with Gasteiger partial charge < -0.3 is 13.4 Å². The van der Waals surface area contributed by atoms with Gasteiger partial charge in [-0.05, 0) is 97.9 Å². The highest BCUT2D eigenvalue weighted by atomic mass is 16.3. The molecule has 0 radical (unpaired) electrons. The average Bonchev–Trinajstić information content (AvgIpc) is 4.32. The van der Waals surface area contributed by atoms with Gasteiger partial charge in [-0.15, -0.1) is 0 Å². The van der Waals surface area contributed by atoms with Crippen LogP contribution in [0.1, 0.15) is 0 Å². The first-order valence-corrected chi connectivity index (χ1v) is 26.0. The number of fused-ring (bicyclic) bond motifs is 12. The van der Waals surface area contributed by atoms with Crippen molar-refractivity contribution in [3.05, 3.63) is 255 Å². The van der Waals surface area contributed by atoms with Crippen LogP contribution >= 0.6 is 0 Å². The first-order valence-electron chi connectivity index (χ1n) is 26.0. The van der Waals surface area contributed by atoms with Crippen molar-refractivity contribution in [2.24, 2.45) is 0 Å². The minimum absolute atomic E-state index is 0.539. The fraction of sp³-hybridized carbons (Fsp3) is 0. The molecule has 16 aromatic rings. The molecular formula is C71H42N4O2. The van der Waals surface area contributed by atoms with E-state index in [-0.39, 0.29) is 0 Å². The molecule has 4 heterocycles. The van der Waals surface area contributed by atoms with Gasteiger partial charge in [-0.1, -0.05) is 200 Å². The summed E-state index contributed by atoms with van der Waals surface area (Å²) in [5.41, 5.74) is 15.6. The summed E-state index contributed by atoms with van der Waals surface area (Å²) in [7, 11) is 0. The third-order valence-electron chi connectivity index (χ3n) is 15.4. The summed E-state index contributed by atoms with van der Waals surface area (Å²) in [6.07, 6.45) is 0. The summed E-state index contributed by atoms with van der Waals surface area (Å²) >= 11 is 0. The van der Waals surface area contributed by atoms with Gasteiger partial charge in [0, 0.05) is 60.6 Å². The number of hydrogen-bond acceptors (Lipinski definition) is 5. The molecule has 0 spiro atoms. The number of furan rings is 2. The van der Waals surface area contributed by atoms with E-state index >= 15 is 0 Å². The zero-order valence-electron chi connectivity index (χ0n) is 41.4. The van der Waals surface area contributed by atoms with E-state index in [0.29, 0.717) is 17.5 Å². The minimum Gasteiger partial charge on any atom is -0.456 e. The van der Waals surface area contributed by atoms with Crippen LogP contribution in [0.5, 0.6) is 0 Å². The number of hydrogen-bond donors (Lipinski definition) is 0. The highest BCUT2D eigenvalue weighted by Gasteiger charge is 2.25. The van der Waals surface area contributed by atoms with E-state index in [1.54, 1.807) is 0 Å². The highest BCUT2D eigenvalue weighted by Crippen LogP contribution is 2.47. The van der Waals surface area contributed by atoms with Crippen molar-refractivity contribution in [3.8, 4) is 73.2 Å². The SMILES string of the molecule is c1ccc(-c2nc(-c3cccc4oc5ccccc5c34)nc(-c3cccc4oc5cc(-n6c7cc8ccccc8cc7c7c8ccccc8ccc76)c(-c6ccc(-c7ccccc7)c(-c7ccccc7)c6)cc5c34)n2)cc1. The van der Waals surface area contributed by atoms with Gasteiger partial charge in [0.25, 0.3) is 0 Å². The summed E-state index contributed by atoms with van der Waals surface area (Å²) in [6.45, 7) is 0. The Hall–Kier alpha value is -10.4. The van der Waals surface area contributed by atoms with Crippen molar-refractivity contribution in [1.82, 2.24) is 19.5 Å². The van der Waals surface area contributed by atoms with Gasteiger partial charge in [0.15, 0.2) is 17.5 Å². The molecular weight excluding hydrogens is 941 g/mol. The van der Waals surface area contributed by atoms with E-state index in [1.807, 2.05) is 66.7 Å². The molecule has 0 saturated heterocycles. The van der Waals surface area contributed by atoms with Crippen molar-refractivity contribution in [2.45, 2.75) is 0 Å². The average molecular weight is 983 g/mol. The Balaban J connectivity index is 1.00. The largest absolute Gasteiger partial charge is 0.456 e. The number of aromatic nitrogens is 4. The number of rotatable bonds is 7. The van der Waals surface area contributed by atoms with E-state index in [1.165, 1.54) is 32.3 Å². The van der Waals surface area contributed by atoms with Crippen molar-refractivity contribution < 1.29 is 8.83 Å². The molecule has 0 fully saturated rings. The summed E-state index contributed by atoms with van der Waals surface area (Å²) < 4.78 is 16.0. The highest BCUT2D eigenvalue weighted by molar-refractivity contribution is 6.24. The lowest BCUT2D eigenvalue weighted by molar-refractivity contribution is 0.668. The zero-order valence-corrected chi connectivity index (χ0v) is 41.4. The first-order chi connectivity index (χ1) is 38.2. The molecule has 4 aromatic heterocycles. The van der Waals surface area contributed by atoms with Gasteiger partial charge in [0.05, 0.1) is 16.7 Å². The second-order valence-electron chi connectivity index (χ2n) is 19.8. The van der Waals surface area contributed by atoms with Crippen LogP contribution in [0.2, 0.25) is 0 Å². The molecule has 77 heavy (non-hydrogen) atoms. The molecule has 0 aliphatic rings. The zero-order chi connectivity index (χ0) is 50.6. The van der Waals surface area contributed by atoms with Gasteiger partial charge in [0.1, 0.15) is 22.3 Å².